The summed E-state index contributed by atoms with van der Waals surface area (Å²) in [5, 5.41) is 11.1. The molecule has 2 amide bonds. The summed E-state index contributed by atoms with van der Waals surface area (Å²) in [7, 11) is 0. The van der Waals surface area contributed by atoms with Crippen LogP contribution in [0.5, 0.6) is 0 Å². The second-order valence-corrected chi connectivity index (χ2v) is 6.70. The molecule has 0 saturated carbocycles. The summed E-state index contributed by atoms with van der Waals surface area (Å²) in [6.45, 7) is 2.19. The molecule has 1 saturated heterocycles. The van der Waals surface area contributed by atoms with Crippen molar-refractivity contribution in [2.24, 2.45) is 5.92 Å². The van der Waals surface area contributed by atoms with E-state index in [0.29, 0.717) is 28.6 Å². The number of aryl methyl sites for hydroxylation is 1. The summed E-state index contributed by atoms with van der Waals surface area (Å²) in [4.78, 5) is 30.7. The van der Waals surface area contributed by atoms with Gasteiger partial charge in [-0.15, -0.1) is 0 Å². The summed E-state index contributed by atoms with van der Waals surface area (Å²) >= 11 is 6.17. The van der Waals surface area contributed by atoms with Gasteiger partial charge in [-0.1, -0.05) is 23.7 Å². The molecule has 1 fully saturated rings. The number of H-pyrrole nitrogens is 1. The second kappa shape index (κ2) is 6.42. The van der Waals surface area contributed by atoms with E-state index in [1.165, 1.54) is 0 Å². The molecule has 0 spiro atoms. The molecule has 1 aromatic carbocycles. The van der Waals surface area contributed by atoms with Gasteiger partial charge in [-0.05, 0) is 25.1 Å². The number of pyridine rings is 1. The van der Waals surface area contributed by atoms with Gasteiger partial charge in [-0.3, -0.25) is 14.7 Å². The third kappa shape index (κ3) is 2.90. The molecule has 1 atom stereocenters. The highest BCUT2D eigenvalue weighted by Crippen LogP contribution is 2.31. The van der Waals surface area contributed by atoms with Gasteiger partial charge in [0.15, 0.2) is 5.65 Å². The number of halogens is 1. The average molecular weight is 370 g/mol. The van der Waals surface area contributed by atoms with Crippen LogP contribution in [0.2, 0.25) is 5.02 Å². The van der Waals surface area contributed by atoms with Gasteiger partial charge in [0.1, 0.15) is 0 Å². The van der Waals surface area contributed by atoms with Gasteiger partial charge in [0.05, 0.1) is 28.5 Å². The van der Waals surface area contributed by atoms with Crippen LogP contribution >= 0.6 is 11.6 Å². The zero-order chi connectivity index (χ0) is 18.3. The Morgan fingerprint density at radius 1 is 1.38 bits per heavy atom. The molecule has 7 nitrogen and oxygen atoms in total. The van der Waals surface area contributed by atoms with Crippen LogP contribution in [0.1, 0.15) is 12.1 Å². The van der Waals surface area contributed by atoms with E-state index in [2.05, 4.69) is 20.5 Å². The van der Waals surface area contributed by atoms with Gasteiger partial charge in [-0.25, -0.2) is 4.98 Å². The fraction of sp³-hybridized carbons (Fsp3) is 0.222. The first-order valence-corrected chi connectivity index (χ1v) is 8.57. The molecule has 1 aliphatic rings. The summed E-state index contributed by atoms with van der Waals surface area (Å²) in [6, 6.07) is 8.95. The molecule has 2 N–H and O–H groups in total. The van der Waals surface area contributed by atoms with E-state index in [0.717, 1.165) is 11.1 Å². The number of nitrogens with zero attached hydrogens (tertiary/aromatic N) is 3. The van der Waals surface area contributed by atoms with Gasteiger partial charge in [-0.2, -0.15) is 5.10 Å². The lowest BCUT2D eigenvalue weighted by molar-refractivity contribution is -0.122. The largest absolute Gasteiger partial charge is 0.324 e. The van der Waals surface area contributed by atoms with Crippen LogP contribution in [0.15, 0.2) is 36.5 Å². The van der Waals surface area contributed by atoms with Crippen molar-refractivity contribution in [3.63, 3.8) is 0 Å². The average Bonchev–Trinajstić information content (AvgIpc) is 3.19. The molecule has 1 unspecified atom stereocenters. The molecule has 8 heteroatoms. The van der Waals surface area contributed by atoms with Crippen LogP contribution < -0.4 is 10.2 Å². The Morgan fingerprint density at radius 3 is 3.00 bits per heavy atom. The van der Waals surface area contributed by atoms with Crippen molar-refractivity contribution in [1.29, 1.82) is 0 Å². The maximum Gasteiger partial charge on any atom is 0.229 e. The van der Waals surface area contributed by atoms with Crippen molar-refractivity contribution < 1.29 is 9.59 Å². The number of hydrogen-bond acceptors (Lipinski definition) is 4. The number of hydrogen-bond donors (Lipinski definition) is 2. The summed E-state index contributed by atoms with van der Waals surface area (Å²) in [6.07, 6.45) is 1.71. The smallest absolute Gasteiger partial charge is 0.229 e. The molecular weight excluding hydrogens is 354 g/mol. The molecule has 2 aromatic heterocycles. The molecule has 3 aromatic rings. The standard InChI is InChI=1S/C18H16ClN5O2/c1-10-13-7-12(8-20-17(13)23-22-10)21-18(26)11-6-16(25)24(9-11)15-5-3-2-4-14(15)19/h2-5,7-8,11H,6,9H2,1H3,(H,21,26)(H,20,22,23). The van der Waals surface area contributed by atoms with Crippen LogP contribution in [-0.2, 0) is 9.59 Å². The van der Waals surface area contributed by atoms with E-state index in [9.17, 15) is 9.59 Å². The minimum absolute atomic E-state index is 0.113. The summed E-state index contributed by atoms with van der Waals surface area (Å²) in [5.41, 5.74) is 2.69. The SMILES string of the molecule is Cc1[nH]nc2ncc(NC(=O)C3CC(=O)N(c4ccccc4Cl)C3)cc12. The number of fused-ring (bicyclic) bond motifs is 1. The summed E-state index contributed by atoms with van der Waals surface area (Å²) in [5.74, 6) is -0.771. The molecule has 1 aliphatic heterocycles. The minimum atomic E-state index is -0.445. The lowest BCUT2D eigenvalue weighted by atomic mass is 10.1. The van der Waals surface area contributed by atoms with E-state index in [-0.39, 0.29) is 18.2 Å². The fourth-order valence-electron chi connectivity index (χ4n) is 3.12. The van der Waals surface area contributed by atoms with Crippen LogP contribution in [0.25, 0.3) is 11.0 Å². The Balaban J connectivity index is 1.51. The lowest BCUT2D eigenvalue weighted by Gasteiger charge is -2.18. The van der Waals surface area contributed by atoms with E-state index in [1.54, 1.807) is 29.3 Å². The normalized spacial score (nSPS) is 17.1. The second-order valence-electron chi connectivity index (χ2n) is 6.29. The number of para-hydroxylation sites is 1. The Bertz CT molecular complexity index is 1020. The number of carbonyl (C=O) groups excluding carboxylic acids is 2. The first-order valence-electron chi connectivity index (χ1n) is 8.19. The Morgan fingerprint density at radius 2 is 2.19 bits per heavy atom. The summed E-state index contributed by atoms with van der Waals surface area (Å²) < 4.78 is 0. The number of anilines is 2. The quantitative estimate of drug-likeness (QED) is 0.742. The number of rotatable bonds is 3. The van der Waals surface area contributed by atoms with E-state index >= 15 is 0 Å². The monoisotopic (exact) mass is 369 g/mol. The predicted molar refractivity (Wildman–Crippen MR) is 99.2 cm³/mol. The van der Waals surface area contributed by atoms with Gasteiger partial charge in [0.25, 0.3) is 0 Å². The Labute approximate surface area is 154 Å². The van der Waals surface area contributed by atoms with E-state index in [1.807, 2.05) is 19.1 Å². The zero-order valence-corrected chi connectivity index (χ0v) is 14.7. The van der Waals surface area contributed by atoms with Crippen molar-refractivity contribution in [2.45, 2.75) is 13.3 Å². The molecule has 0 radical (unpaired) electrons. The van der Waals surface area contributed by atoms with Crippen LogP contribution in [0.4, 0.5) is 11.4 Å². The fourth-order valence-corrected chi connectivity index (χ4v) is 3.36. The number of benzene rings is 1. The van der Waals surface area contributed by atoms with Crippen molar-refractivity contribution in [2.75, 3.05) is 16.8 Å². The minimum Gasteiger partial charge on any atom is -0.324 e. The van der Waals surface area contributed by atoms with Crippen molar-refractivity contribution in [3.8, 4) is 0 Å². The third-order valence-electron chi connectivity index (χ3n) is 4.51. The van der Waals surface area contributed by atoms with Crippen LogP contribution in [0.3, 0.4) is 0 Å². The van der Waals surface area contributed by atoms with Crippen molar-refractivity contribution in [3.05, 3.63) is 47.2 Å². The van der Waals surface area contributed by atoms with Crippen molar-refractivity contribution in [1.82, 2.24) is 15.2 Å². The number of carbonyl (C=O) groups is 2. The maximum atomic E-state index is 12.6. The molecular formula is C18H16ClN5O2. The first-order chi connectivity index (χ1) is 12.5. The first kappa shape index (κ1) is 16.5. The lowest BCUT2D eigenvalue weighted by Crippen LogP contribution is -2.28. The zero-order valence-electron chi connectivity index (χ0n) is 14.0. The number of nitrogens with one attached hydrogen (secondary N) is 2. The topological polar surface area (TPSA) is 91.0 Å². The van der Waals surface area contributed by atoms with Gasteiger partial charge < -0.3 is 10.2 Å². The van der Waals surface area contributed by atoms with Gasteiger partial charge in [0, 0.05) is 24.0 Å². The van der Waals surface area contributed by atoms with Gasteiger partial charge in [0.2, 0.25) is 11.8 Å². The Hall–Kier alpha value is -2.93. The van der Waals surface area contributed by atoms with Crippen LogP contribution in [-0.4, -0.2) is 33.5 Å². The van der Waals surface area contributed by atoms with E-state index < -0.39 is 5.92 Å². The third-order valence-corrected chi connectivity index (χ3v) is 4.83. The van der Waals surface area contributed by atoms with Crippen LogP contribution in [0, 0.1) is 12.8 Å². The molecule has 0 aliphatic carbocycles. The Kier molecular flexibility index (Phi) is 4.08. The molecule has 3 heterocycles. The number of amides is 2. The highest BCUT2D eigenvalue weighted by Gasteiger charge is 2.35. The molecule has 132 valence electrons. The maximum absolute atomic E-state index is 12.6. The molecule has 26 heavy (non-hydrogen) atoms. The molecule has 0 bridgehead atoms. The molecule has 4 rings (SSSR count). The van der Waals surface area contributed by atoms with Gasteiger partial charge >= 0.3 is 0 Å². The number of aromatic nitrogens is 3. The number of aromatic amines is 1. The van der Waals surface area contributed by atoms with E-state index in [4.69, 9.17) is 11.6 Å². The van der Waals surface area contributed by atoms with Crippen molar-refractivity contribution >= 4 is 45.8 Å². The highest BCUT2D eigenvalue weighted by atomic mass is 35.5. The predicted octanol–water partition coefficient (Wildman–Crippen LogP) is 2.91. The highest BCUT2D eigenvalue weighted by molar-refractivity contribution is 6.33.